The van der Waals surface area contributed by atoms with Crippen molar-refractivity contribution in [2.45, 2.75) is 38.6 Å². The van der Waals surface area contributed by atoms with E-state index in [-0.39, 0.29) is 6.09 Å². The van der Waals surface area contributed by atoms with Crippen LogP contribution >= 0.6 is 11.3 Å². The molecule has 0 spiro atoms. The fraction of sp³-hybridized carbons (Fsp3) is 0.688. The Morgan fingerprint density at radius 2 is 2.10 bits per heavy atom. The van der Waals surface area contributed by atoms with Crippen molar-refractivity contribution in [2.75, 3.05) is 32.8 Å². The number of nitrogens with zero attached hydrogens (tertiary/aromatic N) is 2. The van der Waals surface area contributed by atoms with E-state index in [1.807, 2.05) is 4.90 Å². The maximum absolute atomic E-state index is 12.1. The summed E-state index contributed by atoms with van der Waals surface area (Å²) >= 11 is 1.74. The minimum absolute atomic E-state index is 0.146. The summed E-state index contributed by atoms with van der Waals surface area (Å²) in [5, 5.41) is 2.11. The fourth-order valence-electron chi connectivity index (χ4n) is 3.11. The molecule has 1 saturated heterocycles. The zero-order valence-corrected chi connectivity index (χ0v) is 13.4. The molecule has 116 valence electrons. The molecule has 0 N–H and O–H groups in total. The van der Waals surface area contributed by atoms with Crippen LogP contribution < -0.4 is 0 Å². The van der Waals surface area contributed by atoms with Crippen molar-refractivity contribution in [3.63, 3.8) is 0 Å². The number of hydrogen-bond donors (Lipinski definition) is 0. The van der Waals surface area contributed by atoms with Crippen LogP contribution in [0.1, 0.15) is 36.1 Å². The van der Waals surface area contributed by atoms with Crippen molar-refractivity contribution in [3.05, 3.63) is 21.9 Å². The molecule has 2 aliphatic heterocycles. The van der Waals surface area contributed by atoms with Gasteiger partial charge in [0.2, 0.25) is 0 Å². The highest BCUT2D eigenvalue weighted by Crippen LogP contribution is 2.24. The Morgan fingerprint density at radius 1 is 1.24 bits per heavy atom. The van der Waals surface area contributed by atoms with Gasteiger partial charge < -0.3 is 14.5 Å². The summed E-state index contributed by atoms with van der Waals surface area (Å²) in [6, 6.07) is 2.17. The molecule has 0 bridgehead atoms. The molecule has 3 heterocycles. The Hall–Kier alpha value is -1.07. The first-order valence-corrected chi connectivity index (χ1v) is 8.90. The van der Waals surface area contributed by atoms with Crippen molar-refractivity contribution in [2.24, 2.45) is 0 Å². The second kappa shape index (κ2) is 7.27. The largest absolute Gasteiger partial charge is 0.449 e. The average molecular weight is 308 g/mol. The fourth-order valence-corrected chi connectivity index (χ4v) is 4.06. The third kappa shape index (κ3) is 3.98. The topological polar surface area (TPSA) is 32.8 Å². The first kappa shape index (κ1) is 14.9. The maximum Gasteiger partial charge on any atom is 0.410 e. The maximum atomic E-state index is 12.1. The van der Waals surface area contributed by atoms with Crippen LogP contribution in [0.2, 0.25) is 0 Å². The van der Waals surface area contributed by atoms with Crippen LogP contribution in [0.15, 0.2) is 11.4 Å². The summed E-state index contributed by atoms with van der Waals surface area (Å²) in [4.78, 5) is 17.7. The van der Waals surface area contributed by atoms with E-state index in [2.05, 4.69) is 16.3 Å². The van der Waals surface area contributed by atoms with Crippen LogP contribution in [0.25, 0.3) is 0 Å². The zero-order chi connectivity index (χ0) is 14.5. The average Bonchev–Trinajstić information content (AvgIpc) is 3.00. The smallest absolute Gasteiger partial charge is 0.410 e. The number of likely N-dealkylation sites (tertiary alicyclic amines) is 1. The zero-order valence-electron chi connectivity index (χ0n) is 12.6. The molecule has 4 nitrogen and oxygen atoms in total. The highest BCUT2D eigenvalue weighted by molar-refractivity contribution is 7.10. The lowest BCUT2D eigenvalue weighted by molar-refractivity contribution is 0.0926. The molecule has 1 aromatic rings. The Morgan fingerprint density at radius 3 is 2.95 bits per heavy atom. The normalized spacial score (nSPS) is 19.3. The third-order valence-corrected chi connectivity index (χ3v) is 5.32. The van der Waals surface area contributed by atoms with Gasteiger partial charge in [-0.2, -0.15) is 0 Å². The lowest BCUT2D eigenvalue weighted by Gasteiger charge is -2.27. The lowest BCUT2D eigenvalue weighted by atomic mass is 10.1. The second-order valence-electron chi connectivity index (χ2n) is 5.91. The van der Waals surface area contributed by atoms with E-state index in [0.29, 0.717) is 6.61 Å². The van der Waals surface area contributed by atoms with Gasteiger partial charge in [-0.3, -0.25) is 0 Å². The molecule has 0 aliphatic carbocycles. The van der Waals surface area contributed by atoms with Crippen LogP contribution in [0, 0.1) is 0 Å². The Bertz CT molecular complexity index is 469. The highest BCUT2D eigenvalue weighted by atomic mass is 32.1. The minimum Gasteiger partial charge on any atom is -0.449 e. The van der Waals surface area contributed by atoms with Crippen LogP contribution in [0.4, 0.5) is 4.79 Å². The number of ether oxygens (including phenoxy) is 1. The van der Waals surface area contributed by atoms with Crippen molar-refractivity contribution in [1.29, 1.82) is 0 Å². The van der Waals surface area contributed by atoms with E-state index in [4.69, 9.17) is 4.74 Å². The number of rotatable bonds is 4. The number of carbonyl (C=O) groups excluding carboxylic acids is 1. The molecule has 0 atom stereocenters. The van der Waals surface area contributed by atoms with Gasteiger partial charge in [-0.15, -0.1) is 11.3 Å². The molecular weight excluding hydrogens is 284 g/mol. The number of amides is 1. The summed E-state index contributed by atoms with van der Waals surface area (Å²) in [6.07, 6.45) is 5.76. The van der Waals surface area contributed by atoms with E-state index in [9.17, 15) is 4.79 Å². The molecule has 0 unspecified atom stereocenters. The van der Waals surface area contributed by atoms with Gasteiger partial charge >= 0.3 is 6.09 Å². The monoisotopic (exact) mass is 308 g/mol. The first-order chi connectivity index (χ1) is 10.3. The molecule has 2 aliphatic rings. The number of hydrogen-bond acceptors (Lipinski definition) is 4. The van der Waals surface area contributed by atoms with Crippen molar-refractivity contribution in [3.8, 4) is 0 Å². The highest BCUT2D eigenvalue weighted by Gasteiger charge is 2.22. The predicted molar refractivity (Wildman–Crippen MR) is 84.7 cm³/mol. The van der Waals surface area contributed by atoms with Gasteiger partial charge in [0, 0.05) is 18.0 Å². The minimum atomic E-state index is -0.146. The summed E-state index contributed by atoms with van der Waals surface area (Å²) in [6.45, 7) is 5.53. The first-order valence-electron chi connectivity index (χ1n) is 8.02. The van der Waals surface area contributed by atoms with Crippen molar-refractivity contribution in [1.82, 2.24) is 9.80 Å². The number of carbonyl (C=O) groups is 1. The summed E-state index contributed by atoms with van der Waals surface area (Å²) < 4.78 is 5.43. The summed E-state index contributed by atoms with van der Waals surface area (Å²) in [5.41, 5.74) is 1.40. The van der Waals surface area contributed by atoms with Crippen molar-refractivity contribution < 1.29 is 9.53 Å². The van der Waals surface area contributed by atoms with Crippen LogP contribution in [-0.2, 0) is 17.7 Å². The van der Waals surface area contributed by atoms with Crippen LogP contribution in [-0.4, -0.2) is 48.7 Å². The Labute approximate surface area is 130 Å². The standard InChI is InChI=1S/C16H24N2O2S/c19-16(18-10-5-14-6-12-21-15(14)13-18)20-11-4-9-17-7-2-1-3-8-17/h6,12H,1-5,7-11,13H2. The van der Waals surface area contributed by atoms with Gasteiger partial charge in [0.25, 0.3) is 0 Å². The van der Waals surface area contributed by atoms with Gasteiger partial charge in [-0.25, -0.2) is 4.79 Å². The van der Waals surface area contributed by atoms with Gasteiger partial charge in [0.15, 0.2) is 0 Å². The molecule has 0 radical (unpaired) electrons. The summed E-state index contributed by atoms with van der Waals surface area (Å²) in [5.74, 6) is 0. The number of piperidine rings is 1. The SMILES string of the molecule is O=C(OCCCN1CCCCC1)N1CCc2ccsc2C1. The molecule has 21 heavy (non-hydrogen) atoms. The van der Waals surface area contributed by atoms with Crippen LogP contribution in [0.3, 0.4) is 0 Å². The Kier molecular flexibility index (Phi) is 5.14. The molecule has 5 heteroatoms. The van der Waals surface area contributed by atoms with Crippen molar-refractivity contribution >= 4 is 17.4 Å². The lowest BCUT2D eigenvalue weighted by Crippen LogP contribution is -2.36. The van der Waals surface area contributed by atoms with E-state index in [1.165, 1.54) is 42.8 Å². The van der Waals surface area contributed by atoms with E-state index in [0.717, 1.165) is 32.5 Å². The predicted octanol–water partition coefficient (Wildman–Crippen LogP) is 3.12. The van der Waals surface area contributed by atoms with Gasteiger partial charge in [-0.1, -0.05) is 6.42 Å². The number of fused-ring (bicyclic) bond motifs is 1. The summed E-state index contributed by atoms with van der Waals surface area (Å²) in [7, 11) is 0. The van der Waals surface area contributed by atoms with Gasteiger partial charge in [-0.05, 0) is 55.8 Å². The van der Waals surface area contributed by atoms with Gasteiger partial charge in [0.05, 0.1) is 13.2 Å². The van der Waals surface area contributed by atoms with E-state index in [1.54, 1.807) is 11.3 Å². The molecule has 1 aromatic heterocycles. The number of thiophene rings is 1. The molecular formula is C16H24N2O2S. The quantitative estimate of drug-likeness (QED) is 0.801. The Balaban J connectivity index is 1.35. The van der Waals surface area contributed by atoms with E-state index >= 15 is 0 Å². The molecule has 3 rings (SSSR count). The van der Waals surface area contributed by atoms with Crippen LogP contribution in [0.5, 0.6) is 0 Å². The third-order valence-electron chi connectivity index (χ3n) is 4.37. The molecule has 0 aromatic carbocycles. The molecule has 0 saturated carbocycles. The van der Waals surface area contributed by atoms with E-state index < -0.39 is 0 Å². The molecule has 1 amide bonds. The van der Waals surface area contributed by atoms with Gasteiger partial charge in [0.1, 0.15) is 0 Å². The second-order valence-corrected chi connectivity index (χ2v) is 6.91. The molecule has 1 fully saturated rings.